The lowest BCUT2D eigenvalue weighted by Crippen LogP contribution is -2.67. The predicted octanol–water partition coefficient (Wildman–Crippen LogP) is 7.44. The summed E-state index contributed by atoms with van der Waals surface area (Å²) in [5.74, 6) is 0.467. The molecule has 0 bridgehead atoms. The van der Waals surface area contributed by atoms with E-state index in [1.807, 2.05) is 20.8 Å². The molecule has 0 radical (unpaired) electrons. The standard InChI is InChI=1S/C33H48O3Si/c1-25(2)30(31(34)35-32(3,4)5)23-22-26-16-15-17-27(24-26)36-37(33(6,7)8,28-18-11-9-12-19-28)29-20-13-10-14-21-29/h9-14,18-21,23,25-27H,15-17,22,24H2,1-8H3. The van der Waals surface area contributed by atoms with E-state index in [9.17, 15) is 4.79 Å². The van der Waals surface area contributed by atoms with Crippen molar-refractivity contribution >= 4 is 24.7 Å². The molecular weight excluding hydrogens is 472 g/mol. The molecule has 0 N–H and O–H groups in total. The van der Waals surface area contributed by atoms with E-state index in [1.165, 1.54) is 16.8 Å². The van der Waals surface area contributed by atoms with Crippen molar-refractivity contribution in [2.24, 2.45) is 11.8 Å². The summed E-state index contributed by atoms with van der Waals surface area (Å²) < 4.78 is 13.1. The summed E-state index contributed by atoms with van der Waals surface area (Å²) >= 11 is 0. The summed E-state index contributed by atoms with van der Waals surface area (Å²) in [6.07, 6.45) is 7.71. The molecule has 2 atom stereocenters. The van der Waals surface area contributed by atoms with Gasteiger partial charge >= 0.3 is 5.97 Å². The number of carbonyl (C=O) groups excluding carboxylic acids is 1. The van der Waals surface area contributed by atoms with Gasteiger partial charge in [0.05, 0.1) is 0 Å². The van der Waals surface area contributed by atoms with Crippen molar-refractivity contribution < 1.29 is 14.0 Å². The summed E-state index contributed by atoms with van der Waals surface area (Å²) in [7, 11) is -2.56. The Bertz CT molecular complexity index is 989. The van der Waals surface area contributed by atoms with Crippen LogP contribution in [0.15, 0.2) is 72.3 Å². The topological polar surface area (TPSA) is 35.5 Å². The van der Waals surface area contributed by atoms with Gasteiger partial charge in [-0.25, -0.2) is 4.79 Å². The van der Waals surface area contributed by atoms with E-state index in [-0.39, 0.29) is 23.0 Å². The van der Waals surface area contributed by atoms with E-state index in [0.717, 1.165) is 31.3 Å². The van der Waals surface area contributed by atoms with E-state index in [2.05, 4.69) is 101 Å². The third-order valence-corrected chi connectivity index (χ3v) is 12.5. The first kappa shape index (κ1) is 29.4. The minimum atomic E-state index is -2.56. The Morgan fingerprint density at radius 1 is 0.919 bits per heavy atom. The average molecular weight is 521 g/mol. The molecule has 2 aromatic carbocycles. The first-order chi connectivity index (χ1) is 17.3. The Labute approximate surface area is 226 Å². The van der Waals surface area contributed by atoms with Gasteiger partial charge < -0.3 is 9.16 Å². The highest BCUT2D eigenvalue weighted by atomic mass is 28.4. The molecule has 3 rings (SSSR count). The van der Waals surface area contributed by atoms with Crippen LogP contribution >= 0.6 is 0 Å². The molecule has 3 nitrogen and oxygen atoms in total. The van der Waals surface area contributed by atoms with Gasteiger partial charge in [-0.05, 0) is 73.7 Å². The Kier molecular flexibility index (Phi) is 9.63. The van der Waals surface area contributed by atoms with Crippen molar-refractivity contribution in [1.29, 1.82) is 0 Å². The average Bonchev–Trinajstić information content (AvgIpc) is 2.82. The Morgan fingerprint density at radius 2 is 1.46 bits per heavy atom. The van der Waals surface area contributed by atoms with Crippen LogP contribution in [0.4, 0.5) is 0 Å². The molecule has 202 valence electrons. The molecule has 1 aliphatic carbocycles. The summed E-state index contributed by atoms with van der Waals surface area (Å²) in [6, 6.07) is 21.8. The van der Waals surface area contributed by atoms with Crippen LogP contribution < -0.4 is 10.4 Å². The molecule has 0 aromatic heterocycles. The van der Waals surface area contributed by atoms with Gasteiger partial charge in [-0.15, -0.1) is 0 Å². The maximum Gasteiger partial charge on any atom is 0.334 e. The van der Waals surface area contributed by atoms with E-state index >= 15 is 0 Å². The minimum absolute atomic E-state index is 0.0237. The lowest BCUT2D eigenvalue weighted by Gasteiger charge is -2.46. The summed E-state index contributed by atoms with van der Waals surface area (Å²) in [4.78, 5) is 12.8. The largest absolute Gasteiger partial charge is 0.457 e. The van der Waals surface area contributed by atoms with E-state index in [1.54, 1.807) is 0 Å². The maximum absolute atomic E-state index is 12.8. The van der Waals surface area contributed by atoms with Gasteiger partial charge in [0.1, 0.15) is 5.60 Å². The predicted molar refractivity (Wildman–Crippen MR) is 158 cm³/mol. The Morgan fingerprint density at radius 3 is 1.92 bits per heavy atom. The first-order valence-electron chi connectivity index (χ1n) is 14.1. The lowest BCUT2D eigenvalue weighted by atomic mass is 9.84. The number of hydrogen-bond acceptors (Lipinski definition) is 3. The molecule has 0 heterocycles. The van der Waals surface area contributed by atoms with Crippen molar-refractivity contribution in [2.45, 2.75) is 104 Å². The highest BCUT2D eigenvalue weighted by molar-refractivity contribution is 6.99. The third kappa shape index (κ3) is 7.45. The van der Waals surface area contributed by atoms with Gasteiger partial charge in [0, 0.05) is 11.7 Å². The van der Waals surface area contributed by atoms with Crippen molar-refractivity contribution in [2.75, 3.05) is 0 Å². The molecule has 4 heteroatoms. The Hall–Kier alpha value is -2.17. The highest BCUT2D eigenvalue weighted by Crippen LogP contribution is 2.40. The molecule has 37 heavy (non-hydrogen) atoms. The van der Waals surface area contributed by atoms with Crippen molar-refractivity contribution in [1.82, 2.24) is 0 Å². The highest BCUT2D eigenvalue weighted by Gasteiger charge is 2.51. The summed E-state index contributed by atoms with van der Waals surface area (Å²) in [5.41, 5.74) is 0.315. The molecular formula is C33H48O3Si. The fourth-order valence-electron chi connectivity index (χ4n) is 5.69. The Balaban J connectivity index is 1.87. The fourth-order valence-corrected chi connectivity index (χ4v) is 10.4. The van der Waals surface area contributed by atoms with Crippen LogP contribution in [0.2, 0.25) is 5.04 Å². The van der Waals surface area contributed by atoms with Crippen LogP contribution in [0.25, 0.3) is 0 Å². The quantitative estimate of drug-likeness (QED) is 0.206. The van der Waals surface area contributed by atoms with Crippen LogP contribution in [0, 0.1) is 11.8 Å². The lowest BCUT2D eigenvalue weighted by molar-refractivity contribution is -0.150. The first-order valence-corrected chi connectivity index (χ1v) is 16.0. The van der Waals surface area contributed by atoms with Crippen molar-refractivity contribution in [3.63, 3.8) is 0 Å². The van der Waals surface area contributed by atoms with Crippen LogP contribution in [0.1, 0.15) is 87.5 Å². The van der Waals surface area contributed by atoms with Gasteiger partial charge in [0.15, 0.2) is 0 Å². The zero-order chi connectivity index (χ0) is 27.3. The second-order valence-corrected chi connectivity index (χ2v) is 17.2. The third-order valence-electron chi connectivity index (χ3n) is 7.42. The van der Waals surface area contributed by atoms with E-state index in [0.29, 0.717) is 5.92 Å². The van der Waals surface area contributed by atoms with E-state index in [4.69, 9.17) is 9.16 Å². The van der Waals surface area contributed by atoms with Gasteiger partial charge in [0.2, 0.25) is 0 Å². The normalized spacial score (nSPS) is 19.6. The molecule has 1 aliphatic rings. The van der Waals surface area contributed by atoms with Crippen LogP contribution in [0.3, 0.4) is 0 Å². The molecule has 2 unspecified atom stereocenters. The van der Waals surface area contributed by atoms with Crippen LogP contribution in [-0.2, 0) is 14.0 Å². The number of esters is 1. The molecule has 2 aromatic rings. The van der Waals surface area contributed by atoms with Crippen molar-refractivity contribution in [3.8, 4) is 0 Å². The summed E-state index contributed by atoms with van der Waals surface area (Å²) in [6.45, 7) is 17.0. The number of ether oxygens (including phenoxy) is 1. The number of benzene rings is 2. The number of allylic oxidation sites excluding steroid dienone is 1. The second-order valence-electron chi connectivity index (χ2n) is 13.0. The van der Waals surface area contributed by atoms with Gasteiger partial charge in [-0.1, -0.05) is 108 Å². The van der Waals surface area contributed by atoms with Gasteiger partial charge in [-0.2, -0.15) is 0 Å². The number of hydrogen-bond donors (Lipinski definition) is 0. The molecule has 1 fully saturated rings. The molecule has 0 aliphatic heterocycles. The molecule has 0 amide bonds. The monoisotopic (exact) mass is 520 g/mol. The summed E-state index contributed by atoms with van der Waals surface area (Å²) in [5, 5.41) is 2.65. The number of carbonyl (C=O) groups is 1. The van der Waals surface area contributed by atoms with Crippen LogP contribution in [0.5, 0.6) is 0 Å². The SMILES string of the molecule is CC(C)C(=CCC1CCCC(O[Si](c2ccccc2)(c2ccccc2)C(C)(C)C)C1)C(=O)OC(C)(C)C. The van der Waals surface area contributed by atoms with Crippen LogP contribution in [-0.4, -0.2) is 26.0 Å². The maximum atomic E-state index is 12.8. The second kappa shape index (κ2) is 12.1. The van der Waals surface area contributed by atoms with Gasteiger partial charge in [0.25, 0.3) is 8.32 Å². The molecule has 0 saturated heterocycles. The van der Waals surface area contributed by atoms with Crippen molar-refractivity contribution in [3.05, 3.63) is 72.3 Å². The molecule has 0 spiro atoms. The fraction of sp³-hybridized carbons (Fsp3) is 0.545. The minimum Gasteiger partial charge on any atom is -0.457 e. The number of rotatable bonds is 8. The molecule has 1 saturated carbocycles. The smallest absolute Gasteiger partial charge is 0.334 e. The van der Waals surface area contributed by atoms with Gasteiger partial charge in [-0.3, -0.25) is 0 Å². The van der Waals surface area contributed by atoms with E-state index < -0.39 is 13.9 Å². The zero-order valence-corrected chi connectivity index (χ0v) is 25.3. The zero-order valence-electron chi connectivity index (χ0n) is 24.3.